The molecular weight excluding hydrogens is 414 g/mol. The maximum atomic E-state index is 14.0. The average molecular weight is 440 g/mol. The molecule has 2 heterocycles. The second-order valence-electron chi connectivity index (χ2n) is 9.20. The number of morpholine rings is 1. The number of anilines is 1. The summed E-state index contributed by atoms with van der Waals surface area (Å²) in [5.41, 5.74) is 0.0126. The van der Waals surface area contributed by atoms with Gasteiger partial charge in [0.05, 0.1) is 18.5 Å². The average Bonchev–Trinajstić information content (AvgIpc) is 3.45. The van der Waals surface area contributed by atoms with E-state index >= 15 is 0 Å². The van der Waals surface area contributed by atoms with Gasteiger partial charge in [-0.1, -0.05) is 25.0 Å². The van der Waals surface area contributed by atoms with Crippen LogP contribution in [0.4, 0.5) is 14.5 Å². The van der Waals surface area contributed by atoms with E-state index in [1.165, 1.54) is 24.3 Å². The molecule has 168 valence electrons. The van der Waals surface area contributed by atoms with E-state index in [2.05, 4.69) is 0 Å². The molecule has 1 spiro atoms. The number of halogens is 2. The molecule has 2 amide bonds. The van der Waals surface area contributed by atoms with Crippen LogP contribution in [-0.2, 0) is 19.7 Å². The van der Waals surface area contributed by atoms with Crippen LogP contribution in [0.15, 0.2) is 48.5 Å². The summed E-state index contributed by atoms with van der Waals surface area (Å²) in [5, 5.41) is 0. The molecule has 2 saturated heterocycles. The number of hydrogen-bond donors (Lipinski definition) is 0. The minimum atomic E-state index is -0.700. The highest BCUT2D eigenvalue weighted by Crippen LogP contribution is 2.44. The van der Waals surface area contributed by atoms with Gasteiger partial charge in [0.1, 0.15) is 23.8 Å². The van der Waals surface area contributed by atoms with Gasteiger partial charge in [0, 0.05) is 12.2 Å². The van der Waals surface area contributed by atoms with Gasteiger partial charge in [0.15, 0.2) is 0 Å². The van der Waals surface area contributed by atoms with E-state index < -0.39 is 11.0 Å². The lowest BCUT2D eigenvalue weighted by atomic mass is 9.77. The molecule has 32 heavy (non-hydrogen) atoms. The number of carbonyl (C=O) groups excluding carboxylic acids is 2. The van der Waals surface area contributed by atoms with Crippen molar-refractivity contribution in [1.82, 2.24) is 4.90 Å². The molecule has 2 aliphatic heterocycles. The summed E-state index contributed by atoms with van der Waals surface area (Å²) in [4.78, 5) is 29.7. The predicted molar refractivity (Wildman–Crippen MR) is 115 cm³/mol. The van der Waals surface area contributed by atoms with Crippen molar-refractivity contribution in [2.75, 3.05) is 31.1 Å². The zero-order valence-corrected chi connectivity index (χ0v) is 17.9. The van der Waals surface area contributed by atoms with Gasteiger partial charge >= 0.3 is 0 Å². The van der Waals surface area contributed by atoms with Crippen LogP contribution in [-0.4, -0.2) is 48.6 Å². The van der Waals surface area contributed by atoms with Crippen LogP contribution in [0.3, 0.4) is 0 Å². The Labute approximate surface area is 186 Å². The Bertz CT molecular complexity index is 1040. The minimum Gasteiger partial charge on any atom is -0.361 e. The highest BCUT2D eigenvalue weighted by molar-refractivity contribution is 5.95. The Balaban J connectivity index is 1.37. The van der Waals surface area contributed by atoms with Crippen molar-refractivity contribution in [3.05, 3.63) is 65.7 Å². The van der Waals surface area contributed by atoms with E-state index in [4.69, 9.17) is 4.74 Å². The Kier molecular flexibility index (Phi) is 5.24. The van der Waals surface area contributed by atoms with E-state index in [-0.39, 0.29) is 30.1 Å². The second-order valence-corrected chi connectivity index (χ2v) is 9.20. The first kappa shape index (κ1) is 21.1. The van der Waals surface area contributed by atoms with Gasteiger partial charge in [-0.25, -0.2) is 8.78 Å². The Morgan fingerprint density at radius 3 is 2.41 bits per heavy atom. The van der Waals surface area contributed by atoms with Crippen molar-refractivity contribution in [1.29, 1.82) is 0 Å². The summed E-state index contributed by atoms with van der Waals surface area (Å²) in [5.74, 6) is -0.852. The first-order valence-electron chi connectivity index (χ1n) is 11.2. The number of amides is 2. The van der Waals surface area contributed by atoms with Gasteiger partial charge in [-0.2, -0.15) is 0 Å². The van der Waals surface area contributed by atoms with Gasteiger partial charge in [-0.3, -0.25) is 9.59 Å². The van der Waals surface area contributed by atoms with Crippen LogP contribution >= 0.6 is 0 Å². The molecule has 0 aromatic heterocycles. The van der Waals surface area contributed by atoms with Crippen molar-refractivity contribution < 1.29 is 23.1 Å². The fourth-order valence-electron chi connectivity index (χ4n) is 5.53. The predicted octanol–water partition coefficient (Wildman–Crippen LogP) is 3.81. The monoisotopic (exact) mass is 440 g/mol. The second kappa shape index (κ2) is 7.96. The molecule has 3 aliphatic rings. The zero-order chi connectivity index (χ0) is 22.3. The Morgan fingerprint density at radius 2 is 1.69 bits per heavy atom. The van der Waals surface area contributed by atoms with Gasteiger partial charge in [-0.15, -0.1) is 0 Å². The van der Waals surface area contributed by atoms with E-state index in [0.717, 1.165) is 18.4 Å². The number of hydrogen-bond acceptors (Lipinski definition) is 3. The number of likely N-dealkylation sites (tertiary alicyclic amines) is 1. The number of carbonyl (C=O) groups is 2. The third-order valence-corrected chi connectivity index (χ3v) is 7.23. The third-order valence-electron chi connectivity index (χ3n) is 7.23. The fourth-order valence-corrected chi connectivity index (χ4v) is 5.53. The summed E-state index contributed by atoms with van der Waals surface area (Å²) in [7, 11) is 0. The fraction of sp³-hybridized carbons (Fsp3) is 0.440. The molecule has 1 atom stereocenters. The van der Waals surface area contributed by atoms with Gasteiger partial charge in [0.2, 0.25) is 5.91 Å². The van der Waals surface area contributed by atoms with Gasteiger partial charge in [-0.05, 0) is 61.2 Å². The molecule has 3 fully saturated rings. The summed E-state index contributed by atoms with van der Waals surface area (Å²) >= 11 is 0. The number of benzene rings is 2. The molecule has 2 aromatic carbocycles. The lowest BCUT2D eigenvalue weighted by Gasteiger charge is -2.40. The normalized spacial score (nSPS) is 25.0. The lowest BCUT2D eigenvalue weighted by molar-refractivity contribution is -0.141. The van der Waals surface area contributed by atoms with Crippen molar-refractivity contribution in [2.24, 2.45) is 0 Å². The molecule has 0 bridgehead atoms. The van der Waals surface area contributed by atoms with Crippen molar-refractivity contribution >= 4 is 17.5 Å². The highest BCUT2D eigenvalue weighted by Gasteiger charge is 2.51. The highest BCUT2D eigenvalue weighted by atomic mass is 19.1. The van der Waals surface area contributed by atoms with Crippen LogP contribution in [0, 0.1) is 11.6 Å². The van der Waals surface area contributed by atoms with Crippen molar-refractivity contribution in [2.45, 2.75) is 43.1 Å². The number of nitrogens with zero attached hydrogens (tertiary/aromatic N) is 2. The zero-order valence-electron chi connectivity index (χ0n) is 17.9. The number of rotatable bonds is 3. The largest absolute Gasteiger partial charge is 0.361 e. The van der Waals surface area contributed by atoms with Crippen LogP contribution in [0.1, 0.15) is 37.7 Å². The van der Waals surface area contributed by atoms with Crippen molar-refractivity contribution in [3.63, 3.8) is 0 Å². The molecule has 0 unspecified atom stereocenters. The molecule has 1 saturated carbocycles. The Hall–Kier alpha value is -2.80. The quantitative estimate of drug-likeness (QED) is 0.729. The topological polar surface area (TPSA) is 49.9 Å². The van der Waals surface area contributed by atoms with Crippen LogP contribution < -0.4 is 4.90 Å². The molecule has 5 rings (SSSR count). The molecule has 5 nitrogen and oxygen atoms in total. The first-order valence-corrected chi connectivity index (χ1v) is 11.2. The van der Waals surface area contributed by atoms with E-state index in [9.17, 15) is 18.4 Å². The maximum Gasteiger partial charge on any atom is 0.253 e. The molecule has 7 heteroatoms. The Morgan fingerprint density at radius 1 is 0.938 bits per heavy atom. The minimum absolute atomic E-state index is 0.0197. The summed E-state index contributed by atoms with van der Waals surface area (Å²) < 4.78 is 33.3. The van der Waals surface area contributed by atoms with Crippen molar-refractivity contribution in [3.8, 4) is 0 Å². The van der Waals surface area contributed by atoms with E-state index in [1.54, 1.807) is 23.1 Å². The van der Waals surface area contributed by atoms with E-state index in [1.807, 2.05) is 11.0 Å². The summed E-state index contributed by atoms with van der Waals surface area (Å²) in [6, 6.07) is 12.2. The maximum absolute atomic E-state index is 14.0. The van der Waals surface area contributed by atoms with Crippen LogP contribution in [0.25, 0.3) is 0 Å². The summed E-state index contributed by atoms with van der Waals surface area (Å²) in [6.07, 6.45) is 3.90. The number of ether oxygens (including phenoxy) is 1. The standard InChI is InChI=1S/C25H26F2N2O3/c26-19-6-8-21(9-7-19)29-17-24(32-15-22(29)30)12-13-28(16-24)23(31)25(10-1-2-11-25)18-4-3-5-20(27)14-18/h3-9,14H,1-2,10-13,15-17H2/t24-/m0/s1. The van der Waals surface area contributed by atoms with Gasteiger partial charge in [0.25, 0.3) is 5.91 Å². The summed E-state index contributed by atoms with van der Waals surface area (Å²) in [6.45, 7) is 1.15. The molecule has 0 N–H and O–H groups in total. The molecule has 1 aliphatic carbocycles. The smallest absolute Gasteiger partial charge is 0.253 e. The SMILES string of the molecule is O=C1CO[C@]2(CCN(C(=O)C3(c4cccc(F)c4)CCCC3)C2)CN1c1ccc(F)cc1. The lowest BCUT2D eigenvalue weighted by Crippen LogP contribution is -2.57. The third kappa shape index (κ3) is 3.58. The molecular formula is C25H26F2N2O3. The van der Waals surface area contributed by atoms with Crippen LogP contribution in [0.2, 0.25) is 0 Å². The molecule has 2 aromatic rings. The van der Waals surface area contributed by atoms with Crippen LogP contribution in [0.5, 0.6) is 0 Å². The first-order chi connectivity index (χ1) is 15.4. The van der Waals surface area contributed by atoms with Gasteiger partial charge < -0.3 is 14.5 Å². The van der Waals surface area contributed by atoms with E-state index in [0.29, 0.717) is 44.6 Å². The molecule has 0 radical (unpaired) electrons.